The summed E-state index contributed by atoms with van der Waals surface area (Å²) in [5.41, 5.74) is 0.818. The molecule has 2 rings (SSSR count). The summed E-state index contributed by atoms with van der Waals surface area (Å²) in [4.78, 5) is 17.4. The largest absolute Gasteiger partial charge is 0.494 e. The van der Waals surface area contributed by atoms with E-state index in [0.717, 1.165) is 37.6 Å². The number of carbonyl (C=O) groups excluding carboxylic acids is 1. The molecule has 128 valence electrons. The van der Waals surface area contributed by atoms with Crippen LogP contribution in [0.3, 0.4) is 0 Å². The molecule has 0 bridgehead atoms. The Morgan fingerprint density at radius 3 is 2.30 bits per heavy atom. The van der Waals surface area contributed by atoms with Gasteiger partial charge in [-0.05, 0) is 44.2 Å². The Kier molecular flexibility index (Phi) is 6.42. The molecule has 23 heavy (non-hydrogen) atoms. The molecule has 0 aromatic heterocycles. The predicted octanol–water partition coefficient (Wildman–Crippen LogP) is 2.30. The first-order chi connectivity index (χ1) is 11.0. The summed E-state index contributed by atoms with van der Waals surface area (Å²) in [5, 5.41) is 3.05. The SMILES string of the molecule is CCOc1ccc(NC(=O)[C@@H](C(C)C)N2CCN(C)CC2)cc1. The zero-order chi connectivity index (χ0) is 16.8. The van der Waals surface area contributed by atoms with Gasteiger partial charge in [-0.2, -0.15) is 0 Å². The first-order valence-corrected chi connectivity index (χ1v) is 8.47. The average molecular weight is 319 g/mol. The maximum Gasteiger partial charge on any atom is 0.241 e. The number of rotatable bonds is 6. The van der Waals surface area contributed by atoms with Crippen molar-refractivity contribution < 1.29 is 9.53 Å². The van der Waals surface area contributed by atoms with Crippen molar-refractivity contribution in [2.75, 3.05) is 45.2 Å². The molecule has 0 spiro atoms. The molecular weight excluding hydrogens is 290 g/mol. The summed E-state index contributed by atoms with van der Waals surface area (Å²) < 4.78 is 5.43. The number of nitrogens with one attached hydrogen (secondary N) is 1. The van der Waals surface area contributed by atoms with E-state index in [4.69, 9.17) is 4.74 Å². The lowest BCUT2D eigenvalue weighted by molar-refractivity contribution is -0.123. The summed E-state index contributed by atoms with van der Waals surface area (Å²) >= 11 is 0. The van der Waals surface area contributed by atoms with Crippen molar-refractivity contribution in [3.8, 4) is 5.75 Å². The normalized spacial score (nSPS) is 18.0. The van der Waals surface area contributed by atoms with Gasteiger partial charge in [0.25, 0.3) is 0 Å². The molecule has 1 aliphatic heterocycles. The molecule has 0 unspecified atom stereocenters. The van der Waals surface area contributed by atoms with E-state index >= 15 is 0 Å². The van der Waals surface area contributed by atoms with Crippen molar-refractivity contribution in [3.05, 3.63) is 24.3 Å². The molecule has 5 heteroatoms. The number of anilines is 1. The molecule has 5 nitrogen and oxygen atoms in total. The lowest BCUT2D eigenvalue weighted by Crippen LogP contribution is -2.54. The molecule has 0 aliphatic carbocycles. The van der Waals surface area contributed by atoms with Gasteiger partial charge in [-0.25, -0.2) is 0 Å². The van der Waals surface area contributed by atoms with E-state index in [1.54, 1.807) is 0 Å². The van der Waals surface area contributed by atoms with Crippen molar-refractivity contribution in [3.63, 3.8) is 0 Å². The number of amides is 1. The highest BCUT2D eigenvalue weighted by Gasteiger charge is 2.30. The van der Waals surface area contributed by atoms with Crippen LogP contribution in [0.25, 0.3) is 0 Å². The molecule has 1 aromatic carbocycles. The van der Waals surface area contributed by atoms with E-state index < -0.39 is 0 Å². The van der Waals surface area contributed by atoms with Gasteiger partial charge in [0, 0.05) is 31.9 Å². The average Bonchev–Trinajstić information content (AvgIpc) is 2.51. The van der Waals surface area contributed by atoms with E-state index in [9.17, 15) is 4.79 Å². The second-order valence-electron chi connectivity index (χ2n) is 6.47. The molecule has 0 saturated carbocycles. The fraction of sp³-hybridized carbons (Fsp3) is 0.611. The zero-order valence-electron chi connectivity index (χ0n) is 14.7. The Labute approximate surface area is 139 Å². The van der Waals surface area contributed by atoms with E-state index in [-0.39, 0.29) is 17.9 Å². The quantitative estimate of drug-likeness (QED) is 0.874. The minimum Gasteiger partial charge on any atom is -0.494 e. The van der Waals surface area contributed by atoms with Crippen molar-refractivity contribution in [1.82, 2.24) is 9.80 Å². The fourth-order valence-electron chi connectivity index (χ4n) is 3.01. The maximum atomic E-state index is 12.7. The van der Waals surface area contributed by atoms with Crippen LogP contribution >= 0.6 is 0 Å². The summed E-state index contributed by atoms with van der Waals surface area (Å²) in [6.07, 6.45) is 0. The Morgan fingerprint density at radius 2 is 1.78 bits per heavy atom. The number of hydrogen-bond donors (Lipinski definition) is 1. The standard InChI is InChI=1S/C18H29N3O2/c1-5-23-16-8-6-15(7-9-16)19-18(22)17(14(2)3)21-12-10-20(4)11-13-21/h6-9,14,17H,5,10-13H2,1-4H3,(H,19,22)/t17-/m1/s1. The van der Waals surface area contributed by atoms with E-state index in [1.807, 2.05) is 31.2 Å². The number of nitrogens with zero attached hydrogens (tertiary/aromatic N) is 2. The topological polar surface area (TPSA) is 44.8 Å². The Bertz CT molecular complexity index is 493. The van der Waals surface area contributed by atoms with E-state index in [2.05, 4.69) is 36.0 Å². The third-order valence-electron chi connectivity index (χ3n) is 4.26. The Morgan fingerprint density at radius 1 is 1.17 bits per heavy atom. The van der Waals surface area contributed by atoms with Crippen LogP contribution in [0.1, 0.15) is 20.8 Å². The number of likely N-dealkylation sites (N-methyl/N-ethyl adjacent to an activating group) is 1. The van der Waals surface area contributed by atoms with Gasteiger partial charge >= 0.3 is 0 Å². The lowest BCUT2D eigenvalue weighted by Gasteiger charge is -2.38. The van der Waals surface area contributed by atoms with Crippen LogP contribution in [0.2, 0.25) is 0 Å². The molecular formula is C18H29N3O2. The summed E-state index contributed by atoms with van der Waals surface area (Å²) in [5.74, 6) is 1.18. The molecule has 1 N–H and O–H groups in total. The first kappa shape index (κ1) is 17.8. The minimum absolute atomic E-state index is 0.0775. The van der Waals surface area contributed by atoms with Crippen LogP contribution in [0, 0.1) is 5.92 Å². The van der Waals surface area contributed by atoms with Gasteiger partial charge in [0.05, 0.1) is 12.6 Å². The van der Waals surface area contributed by atoms with Crippen LogP contribution in [-0.4, -0.2) is 61.6 Å². The summed E-state index contributed by atoms with van der Waals surface area (Å²) in [7, 11) is 2.13. The van der Waals surface area contributed by atoms with E-state index in [0.29, 0.717) is 6.61 Å². The Balaban J connectivity index is 2.00. The fourth-order valence-corrected chi connectivity index (χ4v) is 3.01. The molecule has 1 aliphatic rings. The van der Waals surface area contributed by atoms with Gasteiger partial charge in [0.1, 0.15) is 5.75 Å². The van der Waals surface area contributed by atoms with Crippen LogP contribution in [0.5, 0.6) is 5.75 Å². The summed E-state index contributed by atoms with van der Waals surface area (Å²) in [6, 6.07) is 7.48. The molecule has 1 saturated heterocycles. The van der Waals surface area contributed by atoms with Crippen molar-refractivity contribution in [2.45, 2.75) is 26.8 Å². The second-order valence-corrected chi connectivity index (χ2v) is 6.47. The molecule has 1 atom stereocenters. The van der Waals surface area contributed by atoms with Crippen LogP contribution in [0.4, 0.5) is 5.69 Å². The third kappa shape index (κ3) is 4.94. The van der Waals surface area contributed by atoms with Gasteiger partial charge in [-0.1, -0.05) is 13.8 Å². The number of benzene rings is 1. The van der Waals surface area contributed by atoms with Gasteiger partial charge in [0.15, 0.2) is 0 Å². The van der Waals surface area contributed by atoms with Crippen LogP contribution in [-0.2, 0) is 4.79 Å². The molecule has 1 fully saturated rings. The Hall–Kier alpha value is -1.59. The van der Waals surface area contributed by atoms with Gasteiger partial charge in [0.2, 0.25) is 5.91 Å². The van der Waals surface area contributed by atoms with Crippen LogP contribution < -0.4 is 10.1 Å². The van der Waals surface area contributed by atoms with Crippen molar-refractivity contribution in [1.29, 1.82) is 0 Å². The zero-order valence-corrected chi connectivity index (χ0v) is 14.7. The number of ether oxygens (including phenoxy) is 1. The van der Waals surface area contributed by atoms with Gasteiger partial charge < -0.3 is 15.0 Å². The predicted molar refractivity (Wildman–Crippen MR) is 93.9 cm³/mol. The van der Waals surface area contributed by atoms with E-state index in [1.165, 1.54) is 0 Å². The van der Waals surface area contributed by atoms with Gasteiger partial charge in [-0.3, -0.25) is 9.69 Å². The molecule has 1 amide bonds. The highest BCUT2D eigenvalue weighted by atomic mass is 16.5. The molecule has 1 heterocycles. The number of hydrogen-bond acceptors (Lipinski definition) is 4. The monoisotopic (exact) mass is 319 g/mol. The van der Waals surface area contributed by atoms with Crippen LogP contribution in [0.15, 0.2) is 24.3 Å². The third-order valence-corrected chi connectivity index (χ3v) is 4.26. The first-order valence-electron chi connectivity index (χ1n) is 8.47. The number of carbonyl (C=O) groups is 1. The second kappa shape index (κ2) is 8.31. The lowest BCUT2D eigenvalue weighted by atomic mass is 10.0. The smallest absolute Gasteiger partial charge is 0.241 e. The van der Waals surface area contributed by atoms with Crippen molar-refractivity contribution >= 4 is 11.6 Å². The maximum absolute atomic E-state index is 12.7. The minimum atomic E-state index is -0.0877. The van der Waals surface area contributed by atoms with Gasteiger partial charge in [-0.15, -0.1) is 0 Å². The van der Waals surface area contributed by atoms with Crippen molar-refractivity contribution in [2.24, 2.45) is 5.92 Å². The number of piperazine rings is 1. The molecule has 0 radical (unpaired) electrons. The summed E-state index contributed by atoms with van der Waals surface area (Å²) in [6.45, 7) is 10.7. The molecule has 1 aromatic rings. The highest BCUT2D eigenvalue weighted by Crippen LogP contribution is 2.19. The highest BCUT2D eigenvalue weighted by molar-refractivity contribution is 5.95.